The highest BCUT2D eigenvalue weighted by Gasteiger charge is 2.18. The number of rotatable bonds is 10. The predicted octanol–water partition coefficient (Wildman–Crippen LogP) is 3.73. The van der Waals surface area contributed by atoms with Gasteiger partial charge in [-0.25, -0.2) is 0 Å². The molecule has 0 aliphatic rings. The second-order valence-electron chi connectivity index (χ2n) is 6.40. The molecular weight excluding hydrogens is 402 g/mol. The molecule has 31 heavy (non-hydrogen) atoms. The van der Waals surface area contributed by atoms with E-state index in [1.165, 1.54) is 21.3 Å². The average molecular weight is 427 g/mol. The third kappa shape index (κ3) is 5.25. The van der Waals surface area contributed by atoms with Crippen molar-refractivity contribution < 1.29 is 28.3 Å². The number of benzene rings is 2. The summed E-state index contributed by atoms with van der Waals surface area (Å²) in [7, 11) is 4.60. The van der Waals surface area contributed by atoms with Crippen molar-refractivity contribution in [3.8, 4) is 34.4 Å². The van der Waals surface area contributed by atoms with Gasteiger partial charge in [0, 0.05) is 18.4 Å². The van der Waals surface area contributed by atoms with Gasteiger partial charge in [-0.1, -0.05) is 17.3 Å². The molecule has 1 amide bonds. The minimum Gasteiger partial charge on any atom is -0.493 e. The second-order valence-corrected chi connectivity index (χ2v) is 6.40. The standard InChI is InChI=1S/C22H25N3O6/c1-5-30-16-9-7-6-8-15(16)23-19(26)10-11-20-24-22(25-31-20)14-12-17(27-2)21(29-4)18(13-14)28-3/h6-9,12-13H,5,10-11H2,1-4H3,(H,23,26). The molecule has 0 saturated heterocycles. The van der Waals surface area contributed by atoms with Crippen LogP contribution in [-0.4, -0.2) is 44.0 Å². The number of para-hydroxylation sites is 2. The molecule has 0 atom stereocenters. The first-order valence-electron chi connectivity index (χ1n) is 9.74. The highest BCUT2D eigenvalue weighted by molar-refractivity contribution is 5.92. The Balaban J connectivity index is 1.67. The van der Waals surface area contributed by atoms with Gasteiger partial charge < -0.3 is 28.8 Å². The summed E-state index contributed by atoms with van der Waals surface area (Å²) in [4.78, 5) is 16.7. The van der Waals surface area contributed by atoms with E-state index in [9.17, 15) is 4.79 Å². The SMILES string of the molecule is CCOc1ccccc1NC(=O)CCc1nc(-c2cc(OC)c(OC)c(OC)c2)no1. The van der Waals surface area contributed by atoms with Crippen LogP contribution < -0.4 is 24.3 Å². The Kier molecular flexibility index (Phi) is 7.31. The number of nitrogens with zero attached hydrogens (tertiary/aromatic N) is 2. The first kappa shape index (κ1) is 21.9. The maximum absolute atomic E-state index is 12.4. The zero-order chi connectivity index (χ0) is 22.2. The van der Waals surface area contributed by atoms with E-state index in [1.807, 2.05) is 19.1 Å². The topological polar surface area (TPSA) is 105 Å². The molecule has 0 spiro atoms. The smallest absolute Gasteiger partial charge is 0.227 e. The fourth-order valence-corrected chi connectivity index (χ4v) is 2.97. The summed E-state index contributed by atoms with van der Waals surface area (Å²) in [6, 6.07) is 10.7. The summed E-state index contributed by atoms with van der Waals surface area (Å²) in [5.41, 5.74) is 1.26. The Morgan fingerprint density at radius 2 is 1.74 bits per heavy atom. The predicted molar refractivity (Wildman–Crippen MR) is 114 cm³/mol. The molecule has 0 radical (unpaired) electrons. The van der Waals surface area contributed by atoms with Crippen LogP contribution in [0.1, 0.15) is 19.2 Å². The Labute approximate surface area is 180 Å². The lowest BCUT2D eigenvalue weighted by atomic mass is 10.1. The fraction of sp³-hybridized carbons (Fsp3) is 0.318. The monoisotopic (exact) mass is 427 g/mol. The van der Waals surface area contributed by atoms with Crippen LogP contribution in [0.2, 0.25) is 0 Å². The Hall–Kier alpha value is -3.75. The van der Waals surface area contributed by atoms with Crippen LogP contribution in [0.5, 0.6) is 23.0 Å². The van der Waals surface area contributed by atoms with E-state index in [0.29, 0.717) is 59.0 Å². The number of carbonyl (C=O) groups is 1. The van der Waals surface area contributed by atoms with Gasteiger partial charge in [0.2, 0.25) is 23.4 Å². The van der Waals surface area contributed by atoms with Crippen LogP contribution in [0.15, 0.2) is 40.9 Å². The molecule has 0 unspecified atom stereocenters. The van der Waals surface area contributed by atoms with Gasteiger partial charge >= 0.3 is 0 Å². The van der Waals surface area contributed by atoms with Crippen LogP contribution >= 0.6 is 0 Å². The van der Waals surface area contributed by atoms with Crippen LogP contribution in [0.25, 0.3) is 11.4 Å². The Morgan fingerprint density at radius 3 is 2.39 bits per heavy atom. The van der Waals surface area contributed by atoms with E-state index in [0.717, 1.165) is 0 Å². The van der Waals surface area contributed by atoms with E-state index in [1.54, 1.807) is 24.3 Å². The van der Waals surface area contributed by atoms with Gasteiger partial charge in [0.25, 0.3) is 0 Å². The van der Waals surface area contributed by atoms with Crippen molar-refractivity contribution >= 4 is 11.6 Å². The second kappa shape index (κ2) is 10.3. The lowest BCUT2D eigenvalue weighted by Gasteiger charge is -2.12. The highest BCUT2D eigenvalue weighted by atomic mass is 16.5. The zero-order valence-electron chi connectivity index (χ0n) is 17.9. The molecular formula is C22H25N3O6. The molecule has 3 aromatic rings. The van der Waals surface area contributed by atoms with Gasteiger partial charge in [0.05, 0.1) is 33.6 Å². The van der Waals surface area contributed by atoms with Crippen LogP contribution in [0.4, 0.5) is 5.69 Å². The highest BCUT2D eigenvalue weighted by Crippen LogP contribution is 2.40. The van der Waals surface area contributed by atoms with E-state index in [4.69, 9.17) is 23.5 Å². The Morgan fingerprint density at radius 1 is 1.03 bits per heavy atom. The largest absolute Gasteiger partial charge is 0.493 e. The number of amides is 1. The number of nitrogens with one attached hydrogen (secondary N) is 1. The molecule has 3 rings (SSSR count). The summed E-state index contributed by atoms with van der Waals surface area (Å²) >= 11 is 0. The first-order valence-corrected chi connectivity index (χ1v) is 9.74. The van der Waals surface area contributed by atoms with Crippen molar-refractivity contribution in [1.29, 1.82) is 0 Å². The van der Waals surface area contributed by atoms with Crippen molar-refractivity contribution in [2.75, 3.05) is 33.3 Å². The van der Waals surface area contributed by atoms with Gasteiger partial charge in [0.1, 0.15) is 5.75 Å². The molecule has 0 aliphatic heterocycles. The molecule has 9 heteroatoms. The van der Waals surface area contributed by atoms with Crippen molar-refractivity contribution in [3.63, 3.8) is 0 Å². The van der Waals surface area contributed by atoms with E-state index >= 15 is 0 Å². The normalized spacial score (nSPS) is 10.5. The van der Waals surface area contributed by atoms with Crippen LogP contribution in [0.3, 0.4) is 0 Å². The quantitative estimate of drug-likeness (QED) is 0.522. The van der Waals surface area contributed by atoms with Crippen LogP contribution in [-0.2, 0) is 11.2 Å². The van der Waals surface area contributed by atoms with Gasteiger partial charge in [-0.2, -0.15) is 4.98 Å². The zero-order valence-corrected chi connectivity index (χ0v) is 17.9. The molecule has 2 aromatic carbocycles. The summed E-state index contributed by atoms with van der Waals surface area (Å²) in [6.45, 7) is 2.40. The van der Waals surface area contributed by atoms with Gasteiger partial charge in [-0.15, -0.1) is 0 Å². The number of aryl methyl sites for hydroxylation is 1. The number of hydrogen-bond acceptors (Lipinski definition) is 8. The summed E-state index contributed by atoms with van der Waals surface area (Å²) in [6.07, 6.45) is 0.470. The summed E-state index contributed by atoms with van der Waals surface area (Å²) in [5, 5.41) is 6.85. The molecule has 1 N–H and O–H groups in total. The number of hydrogen-bond donors (Lipinski definition) is 1. The van der Waals surface area contributed by atoms with E-state index in [-0.39, 0.29) is 12.3 Å². The van der Waals surface area contributed by atoms with Crippen molar-refractivity contribution in [2.24, 2.45) is 0 Å². The number of ether oxygens (including phenoxy) is 4. The van der Waals surface area contributed by atoms with Crippen LogP contribution in [0, 0.1) is 0 Å². The number of aromatic nitrogens is 2. The summed E-state index contributed by atoms with van der Waals surface area (Å²) < 4.78 is 26.9. The molecule has 164 valence electrons. The maximum atomic E-state index is 12.4. The first-order chi connectivity index (χ1) is 15.1. The van der Waals surface area contributed by atoms with E-state index < -0.39 is 0 Å². The molecule has 0 saturated carbocycles. The molecule has 1 aromatic heterocycles. The maximum Gasteiger partial charge on any atom is 0.227 e. The minimum absolute atomic E-state index is 0.178. The van der Waals surface area contributed by atoms with E-state index in [2.05, 4.69) is 15.5 Å². The van der Waals surface area contributed by atoms with Crippen molar-refractivity contribution in [2.45, 2.75) is 19.8 Å². The number of anilines is 1. The van der Waals surface area contributed by atoms with Gasteiger partial charge in [-0.05, 0) is 31.2 Å². The molecule has 9 nitrogen and oxygen atoms in total. The number of carbonyl (C=O) groups excluding carboxylic acids is 1. The lowest BCUT2D eigenvalue weighted by Crippen LogP contribution is -2.13. The molecule has 0 fully saturated rings. The average Bonchev–Trinajstić information content (AvgIpc) is 3.27. The number of methoxy groups -OCH3 is 3. The molecule has 0 aliphatic carbocycles. The third-order valence-corrected chi connectivity index (χ3v) is 4.42. The van der Waals surface area contributed by atoms with Gasteiger partial charge in [-0.3, -0.25) is 4.79 Å². The third-order valence-electron chi connectivity index (χ3n) is 4.42. The van der Waals surface area contributed by atoms with Crippen molar-refractivity contribution in [3.05, 3.63) is 42.3 Å². The molecule has 1 heterocycles. The minimum atomic E-state index is -0.181. The lowest BCUT2D eigenvalue weighted by molar-refractivity contribution is -0.116. The van der Waals surface area contributed by atoms with Gasteiger partial charge in [0.15, 0.2) is 11.5 Å². The molecule has 0 bridgehead atoms. The summed E-state index contributed by atoms with van der Waals surface area (Å²) in [5.74, 6) is 2.58. The Bertz CT molecular complexity index is 1010. The fourth-order valence-electron chi connectivity index (χ4n) is 2.97. The van der Waals surface area contributed by atoms with Crippen molar-refractivity contribution in [1.82, 2.24) is 10.1 Å².